The van der Waals surface area contributed by atoms with Crippen molar-refractivity contribution < 1.29 is 14.3 Å². The molecule has 0 bridgehead atoms. The summed E-state index contributed by atoms with van der Waals surface area (Å²) in [5.41, 5.74) is -0.442. The lowest BCUT2D eigenvalue weighted by molar-refractivity contribution is -0.134. The average molecular weight is 462 g/mol. The van der Waals surface area contributed by atoms with Crippen molar-refractivity contribution in [3.05, 3.63) is 73.8 Å². The van der Waals surface area contributed by atoms with Crippen molar-refractivity contribution in [2.24, 2.45) is 0 Å². The van der Waals surface area contributed by atoms with E-state index in [2.05, 4.69) is 32.7 Å². The van der Waals surface area contributed by atoms with Gasteiger partial charge in [0.15, 0.2) is 12.3 Å². The van der Waals surface area contributed by atoms with Crippen LogP contribution in [-0.2, 0) is 16.1 Å². The molecule has 7 nitrogen and oxygen atoms in total. The third-order valence-electron chi connectivity index (χ3n) is 3.89. The van der Waals surface area contributed by atoms with E-state index < -0.39 is 18.1 Å². The first-order valence-corrected chi connectivity index (χ1v) is 9.88. The van der Waals surface area contributed by atoms with Gasteiger partial charge in [-0.2, -0.15) is 5.10 Å². The molecule has 0 saturated heterocycles. The number of fused-ring (bicyclic) bond motifs is 1. The van der Waals surface area contributed by atoms with Crippen LogP contribution < -0.4 is 5.56 Å². The topological polar surface area (TPSA) is 92.4 Å². The molecule has 0 radical (unpaired) electrons. The first-order valence-electron chi connectivity index (χ1n) is 8.27. The van der Waals surface area contributed by atoms with Gasteiger partial charge in [-0.25, -0.2) is 9.89 Å². The number of nitrogens with one attached hydrogen (secondary N) is 1. The van der Waals surface area contributed by atoms with Crippen LogP contribution in [0.4, 0.5) is 0 Å². The molecule has 0 aliphatic heterocycles. The Balaban J connectivity index is 1.70. The molecule has 28 heavy (non-hydrogen) atoms. The van der Waals surface area contributed by atoms with Crippen LogP contribution in [-0.4, -0.2) is 40.1 Å². The van der Waals surface area contributed by atoms with Gasteiger partial charge in [-0.3, -0.25) is 9.59 Å². The molecule has 0 saturated carbocycles. The summed E-state index contributed by atoms with van der Waals surface area (Å²) < 4.78 is 6.12. The van der Waals surface area contributed by atoms with Crippen LogP contribution in [0.5, 0.6) is 0 Å². The molecule has 3 aromatic rings. The molecule has 0 spiro atoms. The van der Waals surface area contributed by atoms with Crippen molar-refractivity contribution in [1.82, 2.24) is 15.1 Å². The highest BCUT2D eigenvalue weighted by molar-refractivity contribution is 9.11. The lowest BCUT2D eigenvalue weighted by atomic mass is 10.1. The fraction of sp³-hybridized carbons (Fsp3) is 0.158. The highest BCUT2D eigenvalue weighted by atomic mass is 79.9. The molecule has 9 heteroatoms. The number of amides is 1. The number of nitrogens with zero attached hydrogens (tertiary/aromatic N) is 2. The van der Waals surface area contributed by atoms with E-state index in [1.165, 1.54) is 16.2 Å². The average Bonchev–Trinajstić information content (AvgIpc) is 3.11. The van der Waals surface area contributed by atoms with Crippen molar-refractivity contribution >= 4 is 49.9 Å². The highest BCUT2D eigenvalue weighted by Gasteiger charge is 2.19. The molecular weight excluding hydrogens is 446 g/mol. The summed E-state index contributed by atoms with van der Waals surface area (Å²) in [6.07, 6.45) is 1.61. The summed E-state index contributed by atoms with van der Waals surface area (Å²) in [5.74, 6) is -1.13. The number of halogens is 1. The molecule has 1 amide bonds. The summed E-state index contributed by atoms with van der Waals surface area (Å²) >= 11 is 4.91. The third-order valence-corrected chi connectivity index (χ3v) is 5.50. The predicted octanol–water partition coefficient (Wildman–Crippen LogP) is 3.12. The third kappa shape index (κ3) is 4.55. The van der Waals surface area contributed by atoms with Crippen molar-refractivity contribution in [2.45, 2.75) is 6.54 Å². The van der Waals surface area contributed by atoms with Crippen LogP contribution in [0.25, 0.3) is 10.8 Å². The fourth-order valence-electron chi connectivity index (χ4n) is 2.59. The quantitative estimate of drug-likeness (QED) is 0.430. The zero-order chi connectivity index (χ0) is 20.1. The molecular formula is C19H16BrN3O4S. The Morgan fingerprint density at radius 1 is 1.25 bits per heavy atom. The molecule has 2 aromatic heterocycles. The fourth-order valence-corrected chi connectivity index (χ4v) is 4.09. The van der Waals surface area contributed by atoms with E-state index in [0.717, 1.165) is 8.66 Å². The Labute approximate surface area is 172 Å². The maximum absolute atomic E-state index is 12.5. The molecule has 1 N–H and O–H groups in total. The SMILES string of the molecule is C=CCN(Cc1ccc(Br)s1)C(=O)COC(=O)c1n[nH]c(=O)c2ccccc12. The number of ether oxygens (including phenoxy) is 1. The largest absolute Gasteiger partial charge is 0.451 e. The molecule has 0 atom stereocenters. The number of rotatable bonds is 7. The van der Waals surface area contributed by atoms with Crippen LogP contribution in [0.1, 0.15) is 15.4 Å². The Morgan fingerprint density at radius 3 is 2.68 bits per heavy atom. The minimum absolute atomic E-state index is 0.0412. The van der Waals surface area contributed by atoms with Crippen LogP contribution >= 0.6 is 27.3 Å². The molecule has 2 heterocycles. The van der Waals surface area contributed by atoms with Crippen LogP contribution in [0.2, 0.25) is 0 Å². The number of aromatic nitrogens is 2. The zero-order valence-electron chi connectivity index (χ0n) is 14.7. The molecule has 144 valence electrons. The number of esters is 1. The minimum Gasteiger partial charge on any atom is -0.451 e. The lowest BCUT2D eigenvalue weighted by Gasteiger charge is -2.20. The summed E-state index contributed by atoms with van der Waals surface area (Å²) in [5, 5.41) is 6.75. The molecule has 0 aliphatic rings. The maximum Gasteiger partial charge on any atom is 0.359 e. The molecule has 3 rings (SSSR count). The van der Waals surface area contributed by atoms with Gasteiger partial charge in [-0.1, -0.05) is 24.3 Å². The Morgan fingerprint density at radius 2 is 2.00 bits per heavy atom. The Bertz CT molecular complexity index is 1090. The second kappa shape index (κ2) is 8.94. The second-order valence-corrected chi connectivity index (χ2v) is 8.34. The monoisotopic (exact) mass is 461 g/mol. The van der Waals surface area contributed by atoms with Gasteiger partial charge in [0.1, 0.15) is 0 Å². The highest BCUT2D eigenvalue weighted by Crippen LogP contribution is 2.23. The van der Waals surface area contributed by atoms with Gasteiger partial charge >= 0.3 is 5.97 Å². The molecule has 0 unspecified atom stereocenters. The minimum atomic E-state index is -0.779. The van der Waals surface area contributed by atoms with Gasteiger partial charge in [0.2, 0.25) is 0 Å². The second-order valence-electron chi connectivity index (χ2n) is 5.79. The van der Waals surface area contributed by atoms with Gasteiger partial charge in [-0.05, 0) is 34.1 Å². The van der Waals surface area contributed by atoms with Crippen molar-refractivity contribution in [3.63, 3.8) is 0 Å². The number of hydrogen-bond acceptors (Lipinski definition) is 6. The number of carbonyl (C=O) groups is 2. The van der Waals surface area contributed by atoms with Gasteiger partial charge in [0, 0.05) is 16.8 Å². The van der Waals surface area contributed by atoms with Crippen molar-refractivity contribution in [3.8, 4) is 0 Å². The predicted molar refractivity (Wildman–Crippen MR) is 110 cm³/mol. The zero-order valence-corrected chi connectivity index (χ0v) is 17.1. The van der Waals surface area contributed by atoms with Gasteiger partial charge in [0.05, 0.1) is 15.7 Å². The van der Waals surface area contributed by atoms with Gasteiger partial charge in [0.25, 0.3) is 11.5 Å². The maximum atomic E-state index is 12.5. The first-order chi connectivity index (χ1) is 13.5. The summed E-state index contributed by atoms with van der Waals surface area (Å²) in [6, 6.07) is 10.4. The van der Waals surface area contributed by atoms with Gasteiger partial charge in [-0.15, -0.1) is 17.9 Å². The van der Waals surface area contributed by atoms with E-state index in [1.54, 1.807) is 30.3 Å². The van der Waals surface area contributed by atoms with E-state index in [9.17, 15) is 14.4 Å². The Kier molecular flexibility index (Phi) is 6.37. The number of aromatic amines is 1. The van der Waals surface area contributed by atoms with E-state index in [-0.39, 0.29) is 11.6 Å². The van der Waals surface area contributed by atoms with Crippen LogP contribution in [0, 0.1) is 0 Å². The number of carbonyl (C=O) groups excluding carboxylic acids is 2. The van der Waals surface area contributed by atoms with Crippen molar-refractivity contribution in [1.29, 1.82) is 0 Å². The normalized spacial score (nSPS) is 10.6. The number of thiophene rings is 1. The number of hydrogen-bond donors (Lipinski definition) is 1. The smallest absolute Gasteiger partial charge is 0.359 e. The lowest BCUT2D eigenvalue weighted by Crippen LogP contribution is -2.34. The van der Waals surface area contributed by atoms with Crippen molar-refractivity contribution in [2.75, 3.05) is 13.2 Å². The van der Waals surface area contributed by atoms with Crippen LogP contribution in [0.3, 0.4) is 0 Å². The van der Waals surface area contributed by atoms with E-state index in [1.807, 2.05) is 12.1 Å². The first kappa shape index (κ1) is 20.0. The van der Waals surface area contributed by atoms with E-state index >= 15 is 0 Å². The van der Waals surface area contributed by atoms with Crippen LogP contribution in [0.15, 0.2) is 57.6 Å². The summed E-state index contributed by atoms with van der Waals surface area (Å²) in [7, 11) is 0. The molecule has 0 aliphatic carbocycles. The van der Waals surface area contributed by atoms with E-state index in [0.29, 0.717) is 23.9 Å². The molecule has 1 aromatic carbocycles. The standard InChI is InChI=1S/C19H16BrN3O4S/c1-2-9-23(10-12-7-8-15(20)28-12)16(24)11-27-19(26)17-13-5-3-4-6-14(13)18(25)22-21-17/h2-8H,1,9-11H2,(H,22,25). The molecule has 0 fully saturated rings. The number of H-pyrrole nitrogens is 1. The summed E-state index contributed by atoms with van der Waals surface area (Å²) in [4.78, 5) is 39.3. The number of benzene rings is 1. The Hall–Kier alpha value is -2.78. The summed E-state index contributed by atoms with van der Waals surface area (Å²) in [6.45, 7) is 3.94. The van der Waals surface area contributed by atoms with E-state index in [4.69, 9.17) is 4.74 Å². The van der Waals surface area contributed by atoms with Gasteiger partial charge < -0.3 is 9.64 Å².